The second kappa shape index (κ2) is 5.48. The van der Waals surface area contributed by atoms with Crippen LogP contribution in [0.1, 0.15) is 53.4 Å². The topological polar surface area (TPSA) is 43.4 Å². The van der Waals surface area contributed by atoms with E-state index in [0.29, 0.717) is 5.57 Å². The lowest BCUT2D eigenvalue weighted by molar-refractivity contribution is -0.150. The number of carbonyl (C=O) groups excluding carboxylic acids is 2. The van der Waals surface area contributed by atoms with Gasteiger partial charge in [-0.25, -0.2) is 4.79 Å². The molecule has 1 aliphatic carbocycles. The Bertz CT molecular complexity index is 334. The van der Waals surface area contributed by atoms with E-state index in [9.17, 15) is 9.59 Å². The Morgan fingerprint density at radius 1 is 1.29 bits per heavy atom. The van der Waals surface area contributed by atoms with Crippen molar-refractivity contribution in [3.63, 3.8) is 0 Å². The summed E-state index contributed by atoms with van der Waals surface area (Å²) in [6, 6.07) is 0. The highest BCUT2D eigenvalue weighted by Crippen LogP contribution is 2.24. The lowest BCUT2D eigenvalue weighted by Crippen LogP contribution is -2.25. The smallest absolute Gasteiger partial charge is 0.334 e. The summed E-state index contributed by atoms with van der Waals surface area (Å²) in [6.07, 6.45) is 5.33. The fourth-order valence-electron chi connectivity index (χ4n) is 1.92. The number of hydrogen-bond acceptors (Lipinski definition) is 3. The molecule has 3 nitrogen and oxygen atoms in total. The molecule has 1 atom stereocenters. The summed E-state index contributed by atoms with van der Waals surface area (Å²) in [6.45, 7) is 7.14. The van der Waals surface area contributed by atoms with E-state index in [1.54, 1.807) is 6.92 Å². The lowest BCUT2D eigenvalue weighted by atomic mass is 9.99. The van der Waals surface area contributed by atoms with Gasteiger partial charge in [0.25, 0.3) is 0 Å². The van der Waals surface area contributed by atoms with Crippen molar-refractivity contribution in [1.29, 1.82) is 0 Å². The predicted molar refractivity (Wildman–Crippen MR) is 66.6 cm³/mol. The molecule has 0 saturated carbocycles. The number of hydrogen-bond donors (Lipinski definition) is 0. The van der Waals surface area contributed by atoms with Crippen LogP contribution in [0, 0.1) is 5.92 Å². The highest BCUT2D eigenvalue weighted by Gasteiger charge is 2.23. The first-order valence-corrected chi connectivity index (χ1v) is 6.24. The van der Waals surface area contributed by atoms with Crippen LogP contribution in [0.25, 0.3) is 0 Å². The zero-order valence-corrected chi connectivity index (χ0v) is 11.2. The highest BCUT2D eigenvalue weighted by atomic mass is 16.6. The van der Waals surface area contributed by atoms with Crippen LogP contribution in [0.2, 0.25) is 0 Å². The van der Waals surface area contributed by atoms with Crippen LogP contribution in [0.5, 0.6) is 0 Å². The second-order valence-corrected chi connectivity index (χ2v) is 5.66. The molecule has 0 aromatic carbocycles. The third-order valence-electron chi connectivity index (χ3n) is 2.80. The van der Waals surface area contributed by atoms with Crippen molar-refractivity contribution in [2.24, 2.45) is 5.92 Å². The Balaban J connectivity index is 2.79. The van der Waals surface area contributed by atoms with Gasteiger partial charge in [0.2, 0.25) is 0 Å². The normalized spacial score (nSPS) is 21.4. The first-order valence-electron chi connectivity index (χ1n) is 6.24. The maximum atomic E-state index is 11.9. The van der Waals surface area contributed by atoms with Gasteiger partial charge in [-0.15, -0.1) is 0 Å². The van der Waals surface area contributed by atoms with Crippen LogP contribution in [-0.2, 0) is 14.3 Å². The van der Waals surface area contributed by atoms with E-state index < -0.39 is 5.60 Å². The standard InChI is InChI=1S/C14H22O3/c1-10(15)11-7-5-6-8-12(9-11)13(16)17-14(2,3)4/h9,11H,5-8H2,1-4H3/t11-/m1/s1. The molecule has 0 saturated heterocycles. The molecule has 3 heteroatoms. The van der Waals surface area contributed by atoms with E-state index in [1.165, 1.54) is 0 Å². The summed E-state index contributed by atoms with van der Waals surface area (Å²) in [5.74, 6) is -0.251. The number of rotatable bonds is 2. The van der Waals surface area contributed by atoms with Gasteiger partial charge in [0.1, 0.15) is 11.4 Å². The van der Waals surface area contributed by atoms with Gasteiger partial charge in [-0.05, 0) is 47.0 Å². The molecule has 0 heterocycles. The molecule has 0 aliphatic heterocycles. The first-order chi connectivity index (χ1) is 7.79. The summed E-state index contributed by atoms with van der Waals surface area (Å²) in [7, 11) is 0. The maximum Gasteiger partial charge on any atom is 0.334 e. The van der Waals surface area contributed by atoms with Crippen molar-refractivity contribution in [3.05, 3.63) is 11.6 Å². The van der Waals surface area contributed by atoms with Crippen LogP contribution >= 0.6 is 0 Å². The number of carbonyl (C=O) groups is 2. The van der Waals surface area contributed by atoms with Gasteiger partial charge in [-0.3, -0.25) is 4.79 Å². The van der Waals surface area contributed by atoms with Crippen molar-refractivity contribution in [3.8, 4) is 0 Å². The van der Waals surface area contributed by atoms with Gasteiger partial charge in [0.05, 0.1) is 0 Å². The highest BCUT2D eigenvalue weighted by molar-refractivity contribution is 5.90. The average Bonchev–Trinajstić information content (AvgIpc) is 2.39. The monoisotopic (exact) mass is 238 g/mol. The zero-order chi connectivity index (χ0) is 13.1. The Morgan fingerprint density at radius 2 is 1.94 bits per heavy atom. The van der Waals surface area contributed by atoms with Gasteiger partial charge in [-0.2, -0.15) is 0 Å². The van der Waals surface area contributed by atoms with Crippen molar-refractivity contribution < 1.29 is 14.3 Å². The molecule has 17 heavy (non-hydrogen) atoms. The summed E-state index contributed by atoms with van der Waals surface area (Å²) in [5, 5.41) is 0. The molecule has 0 N–H and O–H groups in total. The van der Waals surface area contributed by atoms with E-state index in [0.717, 1.165) is 25.7 Å². The quantitative estimate of drug-likeness (QED) is 0.694. The van der Waals surface area contributed by atoms with Crippen LogP contribution in [0.4, 0.5) is 0 Å². The number of ether oxygens (including phenoxy) is 1. The summed E-state index contributed by atoms with van der Waals surface area (Å²) in [5.41, 5.74) is 0.188. The SMILES string of the molecule is CC(=O)[C@H]1C=C(C(=O)OC(C)(C)C)CCCC1. The van der Waals surface area contributed by atoms with Gasteiger partial charge < -0.3 is 4.74 Å². The Hall–Kier alpha value is -1.12. The predicted octanol–water partition coefficient (Wildman–Crippen LogP) is 3.03. The fourth-order valence-corrected chi connectivity index (χ4v) is 1.92. The van der Waals surface area contributed by atoms with Crippen LogP contribution in [0.3, 0.4) is 0 Å². The molecule has 0 unspecified atom stereocenters. The molecular formula is C14H22O3. The summed E-state index contributed by atoms with van der Waals surface area (Å²) >= 11 is 0. The number of Topliss-reactive ketones (excluding diaryl/α,β-unsaturated/α-hetero) is 1. The largest absolute Gasteiger partial charge is 0.457 e. The lowest BCUT2D eigenvalue weighted by Gasteiger charge is -2.20. The summed E-state index contributed by atoms with van der Waals surface area (Å²) in [4.78, 5) is 23.3. The van der Waals surface area contributed by atoms with Crippen LogP contribution in [0.15, 0.2) is 11.6 Å². The van der Waals surface area contributed by atoms with E-state index in [4.69, 9.17) is 4.74 Å². The summed E-state index contributed by atoms with van der Waals surface area (Å²) < 4.78 is 5.34. The van der Waals surface area contributed by atoms with E-state index >= 15 is 0 Å². The van der Waals surface area contributed by atoms with Crippen molar-refractivity contribution in [1.82, 2.24) is 0 Å². The molecular weight excluding hydrogens is 216 g/mol. The third kappa shape index (κ3) is 4.72. The van der Waals surface area contributed by atoms with Crippen molar-refractivity contribution in [2.75, 3.05) is 0 Å². The molecule has 0 amide bonds. The van der Waals surface area contributed by atoms with E-state index in [2.05, 4.69) is 0 Å². The number of ketones is 1. The molecule has 0 fully saturated rings. The molecule has 0 radical (unpaired) electrons. The Labute approximate surface area is 103 Å². The van der Waals surface area contributed by atoms with Gasteiger partial charge >= 0.3 is 5.97 Å². The molecule has 1 rings (SSSR count). The van der Waals surface area contributed by atoms with E-state index in [-0.39, 0.29) is 17.7 Å². The minimum atomic E-state index is -0.476. The minimum absolute atomic E-state index is 0.111. The maximum absolute atomic E-state index is 11.9. The zero-order valence-electron chi connectivity index (χ0n) is 11.2. The van der Waals surface area contributed by atoms with Crippen molar-refractivity contribution >= 4 is 11.8 Å². The van der Waals surface area contributed by atoms with Gasteiger partial charge in [-0.1, -0.05) is 12.5 Å². The fraction of sp³-hybridized carbons (Fsp3) is 0.714. The molecule has 96 valence electrons. The Morgan fingerprint density at radius 3 is 2.47 bits per heavy atom. The molecule has 0 bridgehead atoms. The third-order valence-corrected chi connectivity index (χ3v) is 2.80. The van der Waals surface area contributed by atoms with Gasteiger partial charge in [0, 0.05) is 11.5 Å². The Kier molecular flexibility index (Phi) is 4.49. The van der Waals surface area contributed by atoms with E-state index in [1.807, 2.05) is 26.8 Å². The molecule has 1 aliphatic rings. The minimum Gasteiger partial charge on any atom is -0.457 e. The van der Waals surface area contributed by atoms with Gasteiger partial charge in [0.15, 0.2) is 0 Å². The number of allylic oxidation sites excluding steroid dienone is 1. The average molecular weight is 238 g/mol. The molecule has 0 aromatic heterocycles. The second-order valence-electron chi connectivity index (χ2n) is 5.66. The van der Waals surface area contributed by atoms with Crippen molar-refractivity contribution in [2.45, 2.75) is 59.0 Å². The first kappa shape index (κ1) is 13.9. The number of esters is 1. The van der Waals surface area contributed by atoms with Crippen LogP contribution < -0.4 is 0 Å². The van der Waals surface area contributed by atoms with Crippen LogP contribution in [-0.4, -0.2) is 17.4 Å². The molecule has 0 spiro atoms. The molecule has 0 aromatic rings.